The molecule has 2 aromatic rings. The van der Waals surface area contributed by atoms with Crippen molar-refractivity contribution in [2.24, 2.45) is 0 Å². The zero-order valence-corrected chi connectivity index (χ0v) is 12.5. The number of alkyl halides is 1. The van der Waals surface area contributed by atoms with Crippen LogP contribution in [0.3, 0.4) is 0 Å². The Bertz CT molecular complexity index is 552. The van der Waals surface area contributed by atoms with Crippen LogP contribution in [0, 0.1) is 0 Å². The molecule has 0 bridgehead atoms. The molecule has 0 aromatic heterocycles. The fraction of sp³-hybridized carbons (Fsp3) is 0.0769. The van der Waals surface area contributed by atoms with Crippen molar-refractivity contribution in [3.63, 3.8) is 0 Å². The summed E-state index contributed by atoms with van der Waals surface area (Å²) in [6, 6.07) is 11.3. The molecule has 0 atom stereocenters. The van der Waals surface area contributed by atoms with Crippen molar-refractivity contribution in [2.75, 3.05) is 0 Å². The molecule has 2 rings (SSSR count). The minimum absolute atomic E-state index is 0.546. The minimum atomic E-state index is 0.546. The van der Waals surface area contributed by atoms with Gasteiger partial charge in [-0.1, -0.05) is 68.9 Å². The molecule has 88 valence electrons. The van der Waals surface area contributed by atoms with Gasteiger partial charge >= 0.3 is 0 Å². The Morgan fingerprint density at radius 3 is 2.41 bits per heavy atom. The van der Waals surface area contributed by atoms with Crippen LogP contribution in [0.5, 0.6) is 0 Å². The highest BCUT2D eigenvalue weighted by molar-refractivity contribution is 9.08. The van der Waals surface area contributed by atoms with Crippen LogP contribution < -0.4 is 0 Å². The summed E-state index contributed by atoms with van der Waals surface area (Å²) in [6.45, 7) is 0. The third-order valence-corrected chi connectivity index (χ3v) is 4.12. The Labute approximate surface area is 124 Å². The topological polar surface area (TPSA) is 0 Å². The molecule has 0 aliphatic carbocycles. The molecule has 0 saturated carbocycles. The van der Waals surface area contributed by atoms with Crippen LogP contribution in [0.1, 0.15) is 5.56 Å². The van der Waals surface area contributed by atoms with Gasteiger partial charge in [0.15, 0.2) is 0 Å². The Morgan fingerprint density at radius 1 is 0.941 bits per heavy atom. The highest BCUT2D eigenvalue weighted by Gasteiger charge is 2.10. The SMILES string of the molecule is Clc1ccc(CBr)c(-c2cccc(Cl)c2Cl)c1. The molecule has 0 radical (unpaired) electrons. The lowest BCUT2D eigenvalue weighted by Gasteiger charge is -2.10. The largest absolute Gasteiger partial charge is 0.0876 e. The lowest BCUT2D eigenvalue weighted by Crippen LogP contribution is -1.87. The molecule has 0 unspecified atom stereocenters. The predicted octanol–water partition coefficient (Wildman–Crippen LogP) is 6.21. The van der Waals surface area contributed by atoms with Crippen LogP contribution in [0.15, 0.2) is 36.4 Å². The second-order valence-corrected chi connectivity index (χ2v) is 5.32. The molecule has 0 amide bonds. The maximum absolute atomic E-state index is 6.22. The lowest BCUT2D eigenvalue weighted by atomic mass is 10.0. The molecule has 0 N–H and O–H groups in total. The Hall–Kier alpha value is -0.210. The number of hydrogen-bond acceptors (Lipinski definition) is 0. The predicted molar refractivity (Wildman–Crippen MR) is 79.5 cm³/mol. The summed E-state index contributed by atoms with van der Waals surface area (Å²) >= 11 is 21.7. The van der Waals surface area contributed by atoms with E-state index in [0.29, 0.717) is 15.1 Å². The van der Waals surface area contributed by atoms with E-state index in [2.05, 4.69) is 15.9 Å². The van der Waals surface area contributed by atoms with Crippen LogP contribution in [-0.4, -0.2) is 0 Å². The molecular weight excluding hydrogens is 342 g/mol. The summed E-state index contributed by atoms with van der Waals surface area (Å²) in [6.07, 6.45) is 0. The van der Waals surface area contributed by atoms with Crippen LogP contribution in [-0.2, 0) is 5.33 Å². The van der Waals surface area contributed by atoms with E-state index in [9.17, 15) is 0 Å². The fourth-order valence-electron chi connectivity index (χ4n) is 1.63. The van der Waals surface area contributed by atoms with Crippen molar-refractivity contribution >= 4 is 50.7 Å². The van der Waals surface area contributed by atoms with E-state index in [0.717, 1.165) is 22.0 Å². The minimum Gasteiger partial charge on any atom is -0.0876 e. The van der Waals surface area contributed by atoms with E-state index in [1.807, 2.05) is 30.3 Å². The number of halogens is 4. The summed E-state index contributed by atoms with van der Waals surface area (Å²) < 4.78 is 0. The van der Waals surface area contributed by atoms with E-state index in [1.165, 1.54) is 0 Å². The van der Waals surface area contributed by atoms with Crippen molar-refractivity contribution in [2.45, 2.75) is 5.33 Å². The van der Waals surface area contributed by atoms with Crippen LogP contribution >= 0.6 is 50.7 Å². The van der Waals surface area contributed by atoms with Gasteiger partial charge in [0, 0.05) is 15.9 Å². The molecule has 2 aromatic carbocycles. The van der Waals surface area contributed by atoms with Crippen LogP contribution in [0.25, 0.3) is 11.1 Å². The Balaban J connectivity index is 2.67. The van der Waals surface area contributed by atoms with Crippen molar-refractivity contribution in [3.8, 4) is 11.1 Å². The van der Waals surface area contributed by atoms with Gasteiger partial charge in [0.2, 0.25) is 0 Å². The van der Waals surface area contributed by atoms with E-state index in [1.54, 1.807) is 6.07 Å². The molecule has 0 heterocycles. The van der Waals surface area contributed by atoms with Crippen molar-refractivity contribution in [3.05, 3.63) is 57.0 Å². The van der Waals surface area contributed by atoms with E-state index in [-0.39, 0.29) is 0 Å². The summed E-state index contributed by atoms with van der Waals surface area (Å²) in [4.78, 5) is 0. The van der Waals surface area contributed by atoms with Gasteiger partial charge in [-0.2, -0.15) is 0 Å². The maximum atomic E-state index is 6.22. The number of rotatable bonds is 2. The monoisotopic (exact) mass is 348 g/mol. The number of benzene rings is 2. The zero-order valence-electron chi connectivity index (χ0n) is 8.68. The molecule has 0 aliphatic heterocycles. The smallest absolute Gasteiger partial charge is 0.0670 e. The molecule has 17 heavy (non-hydrogen) atoms. The number of hydrogen-bond donors (Lipinski definition) is 0. The average molecular weight is 350 g/mol. The third kappa shape index (κ3) is 2.79. The Morgan fingerprint density at radius 2 is 1.71 bits per heavy atom. The quantitative estimate of drug-likeness (QED) is 0.565. The van der Waals surface area contributed by atoms with Crippen LogP contribution in [0.4, 0.5) is 0 Å². The first-order chi connectivity index (χ1) is 8.13. The normalized spacial score (nSPS) is 10.6. The highest BCUT2D eigenvalue weighted by Crippen LogP contribution is 2.36. The summed E-state index contributed by atoms with van der Waals surface area (Å²) in [5.41, 5.74) is 3.02. The molecule has 0 spiro atoms. The van der Waals surface area contributed by atoms with Crippen molar-refractivity contribution < 1.29 is 0 Å². The van der Waals surface area contributed by atoms with Gasteiger partial charge in [0.25, 0.3) is 0 Å². The Kier molecular flexibility index (Phi) is 4.37. The first kappa shape index (κ1) is 13.2. The van der Waals surface area contributed by atoms with Crippen LogP contribution in [0.2, 0.25) is 15.1 Å². The zero-order chi connectivity index (χ0) is 12.4. The van der Waals surface area contributed by atoms with Crippen molar-refractivity contribution in [1.29, 1.82) is 0 Å². The second kappa shape index (κ2) is 5.62. The molecule has 0 aliphatic rings. The first-order valence-electron chi connectivity index (χ1n) is 4.92. The van der Waals surface area contributed by atoms with Crippen molar-refractivity contribution in [1.82, 2.24) is 0 Å². The summed E-state index contributed by atoms with van der Waals surface area (Å²) in [5.74, 6) is 0. The molecular formula is C13H8BrCl3. The molecule has 0 fully saturated rings. The summed E-state index contributed by atoms with van der Waals surface area (Å²) in [5, 5.41) is 2.52. The van der Waals surface area contributed by atoms with Gasteiger partial charge in [-0.15, -0.1) is 0 Å². The fourth-order valence-corrected chi connectivity index (χ4v) is 2.69. The first-order valence-corrected chi connectivity index (χ1v) is 7.18. The molecule has 0 saturated heterocycles. The van der Waals surface area contributed by atoms with Gasteiger partial charge in [-0.25, -0.2) is 0 Å². The van der Waals surface area contributed by atoms with E-state index < -0.39 is 0 Å². The average Bonchev–Trinajstić information content (AvgIpc) is 2.33. The van der Waals surface area contributed by atoms with Gasteiger partial charge in [-0.05, 0) is 29.3 Å². The van der Waals surface area contributed by atoms with Gasteiger partial charge in [0.1, 0.15) is 0 Å². The summed E-state index contributed by atoms with van der Waals surface area (Å²) in [7, 11) is 0. The molecule has 0 nitrogen and oxygen atoms in total. The third-order valence-electron chi connectivity index (χ3n) is 2.46. The second-order valence-electron chi connectivity index (χ2n) is 3.54. The highest BCUT2D eigenvalue weighted by atomic mass is 79.9. The van der Waals surface area contributed by atoms with Gasteiger partial charge < -0.3 is 0 Å². The van der Waals surface area contributed by atoms with Gasteiger partial charge in [0.05, 0.1) is 10.0 Å². The maximum Gasteiger partial charge on any atom is 0.0670 e. The van der Waals surface area contributed by atoms with E-state index in [4.69, 9.17) is 34.8 Å². The van der Waals surface area contributed by atoms with E-state index >= 15 is 0 Å². The van der Waals surface area contributed by atoms with Gasteiger partial charge in [-0.3, -0.25) is 0 Å². The lowest BCUT2D eigenvalue weighted by molar-refractivity contribution is 1.43. The standard InChI is InChI=1S/C13H8BrCl3/c14-7-8-4-5-9(15)6-11(8)10-2-1-3-12(16)13(10)17/h1-6H,7H2. The molecule has 4 heteroatoms.